The summed E-state index contributed by atoms with van der Waals surface area (Å²) in [5.41, 5.74) is 2.49. The van der Waals surface area contributed by atoms with Gasteiger partial charge in [-0.25, -0.2) is 4.68 Å². The average molecular weight is 431 g/mol. The molecule has 0 atom stereocenters. The van der Waals surface area contributed by atoms with Crippen LogP contribution >= 0.6 is 0 Å². The standard InChI is InChI=1S/C25H25N3O4/c29-24(14-18-16-26-28(17-18)21-4-2-1-3-5-21)27-10-8-19(9-11-27)25(30)20-6-7-22-23(15-20)32-13-12-31-22/h1-7,15-17,19H,8-14H2. The van der Waals surface area contributed by atoms with Crippen LogP contribution in [0.4, 0.5) is 0 Å². The quantitative estimate of drug-likeness (QED) is 0.580. The molecule has 0 radical (unpaired) electrons. The van der Waals surface area contributed by atoms with Crippen LogP contribution in [0.25, 0.3) is 5.69 Å². The zero-order valence-corrected chi connectivity index (χ0v) is 17.8. The van der Waals surface area contributed by atoms with Gasteiger partial charge in [-0.2, -0.15) is 5.10 Å². The summed E-state index contributed by atoms with van der Waals surface area (Å²) in [4.78, 5) is 27.6. The molecular formula is C25H25N3O4. The second-order valence-electron chi connectivity index (χ2n) is 8.18. The summed E-state index contributed by atoms with van der Waals surface area (Å²) in [6.07, 6.45) is 5.28. The van der Waals surface area contributed by atoms with Gasteiger partial charge < -0.3 is 14.4 Å². The number of carbonyl (C=O) groups is 2. The fourth-order valence-electron chi connectivity index (χ4n) is 4.28. The number of fused-ring (bicyclic) bond motifs is 1. The molecular weight excluding hydrogens is 406 g/mol. The summed E-state index contributed by atoms with van der Waals surface area (Å²) in [7, 11) is 0. The number of Topliss-reactive ketones (excluding diaryl/α,β-unsaturated/α-hetero) is 1. The SMILES string of the molecule is O=C(c1ccc2c(c1)OCCO2)C1CCN(C(=O)Cc2cnn(-c3ccccc3)c2)CC1. The Bertz CT molecular complexity index is 1120. The molecule has 1 amide bonds. The topological polar surface area (TPSA) is 73.7 Å². The first-order valence-electron chi connectivity index (χ1n) is 11.0. The smallest absolute Gasteiger partial charge is 0.227 e. The second kappa shape index (κ2) is 8.86. The van der Waals surface area contributed by atoms with Crippen LogP contribution in [0.3, 0.4) is 0 Å². The lowest BCUT2D eigenvalue weighted by Gasteiger charge is -2.31. The minimum Gasteiger partial charge on any atom is -0.486 e. The monoisotopic (exact) mass is 431 g/mol. The summed E-state index contributed by atoms with van der Waals surface area (Å²) < 4.78 is 12.9. The number of piperidine rings is 1. The molecule has 32 heavy (non-hydrogen) atoms. The molecule has 0 bridgehead atoms. The van der Waals surface area contributed by atoms with Gasteiger partial charge in [0.05, 0.1) is 18.3 Å². The van der Waals surface area contributed by atoms with Crippen LogP contribution in [0.15, 0.2) is 60.9 Å². The number of ketones is 1. The zero-order valence-electron chi connectivity index (χ0n) is 17.8. The van der Waals surface area contributed by atoms with Crippen molar-refractivity contribution in [2.45, 2.75) is 19.3 Å². The lowest BCUT2D eigenvalue weighted by molar-refractivity contribution is -0.131. The Labute approximate surface area is 186 Å². The van der Waals surface area contributed by atoms with E-state index in [1.54, 1.807) is 29.1 Å². The Kier molecular flexibility index (Phi) is 5.62. The summed E-state index contributed by atoms with van der Waals surface area (Å²) >= 11 is 0. The summed E-state index contributed by atoms with van der Waals surface area (Å²) in [5, 5.41) is 4.37. The average Bonchev–Trinajstić information content (AvgIpc) is 3.32. The first-order valence-corrected chi connectivity index (χ1v) is 11.0. The van der Waals surface area contributed by atoms with Gasteiger partial charge in [0.2, 0.25) is 5.91 Å². The fraction of sp³-hybridized carbons (Fsp3) is 0.320. The molecule has 2 aliphatic rings. The molecule has 2 aromatic carbocycles. The van der Waals surface area contributed by atoms with Crippen molar-refractivity contribution < 1.29 is 19.1 Å². The second-order valence-corrected chi connectivity index (χ2v) is 8.18. The van der Waals surface area contributed by atoms with E-state index >= 15 is 0 Å². The van der Waals surface area contributed by atoms with Crippen molar-refractivity contribution >= 4 is 11.7 Å². The molecule has 0 N–H and O–H groups in total. The fourth-order valence-corrected chi connectivity index (χ4v) is 4.28. The van der Waals surface area contributed by atoms with Crippen LogP contribution in [0.5, 0.6) is 11.5 Å². The predicted octanol–water partition coefficient (Wildman–Crippen LogP) is 3.31. The third-order valence-corrected chi connectivity index (χ3v) is 6.06. The van der Waals surface area contributed by atoms with E-state index in [2.05, 4.69) is 5.10 Å². The van der Waals surface area contributed by atoms with Crippen molar-refractivity contribution in [3.63, 3.8) is 0 Å². The van der Waals surface area contributed by atoms with Gasteiger partial charge in [0.25, 0.3) is 0 Å². The molecule has 0 saturated carbocycles. The van der Waals surface area contributed by atoms with E-state index in [1.807, 2.05) is 41.4 Å². The van der Waals surface area contributed by atoms with Crippen molar-refractivity contribution in [1.29, 1.82) is 0 Å². The van der Waals surface area contributed by atoms with E-state index in [1.165, 1.54) is 0 Å². The molecule has 7 nitrogen and oxygen atoms in total. The number of aromatic nitrogens is 2. The maximum atomic E-state index is 13.0. The highest BCUT2D eigenvalue weighted by atomic mass is 16.6. The molecule has 7 heteroatoms. The Morgan fingerprint density at radius 2 is 1.72 bits per heavy atom. The molecule has 1 saturated heterocycles. The molecule has 0 aliphatic carbocycles. The third-order valence-electron chi connectivity index (χ3n) is 6.06. The van der Waals surface area contributed by atoms with Gasteiger partial charge in [-0.1, -0.05) is 18.2 Å². The number of hydrogen-bond donors (Lipinski definition) is 0. The van der Waals surface area contributed by atoms with E-state index in [0.717, 1.165) is 11.3 Å². The molecule has 164 valence electrons. The number of amides is 1. The van der Waals surface area contributed by atoms with Gasteiger partial charge in [0.1, 0.15) is 13.2 Å². The number of benzene rings is 2. The highest BCUT2D eigenvalue weighted by Gasteiger charge is 2.29. The van der Waals surface area contributed by atoms with Crippen molar-refractivity contribution in [1.82, 2.24) is 14.7 Å². The van der Waals surface area contributed by atoms with Crippen LogP contribution < -0.4 is 9.47 Å². The highest BCUT2D eigenvalue weighted by Crippen LogP contribution is 2.32. The maximum absolute atomic E-state index is 13.0. The van der Waals surface area contributed by atoms with Crippen LogP contribution in [-0.4, -0.2) is 52.7 Å². The number of carbonyl (C=O) groups excluding carboxylic acids is 2. The minimum absolute atomic E-state index is 0.0721. The Balaban J connectivity index is 1.16. The molecule has 3 aromatic rings. The number of ether oxygens (including phenoxy) is 2. The van der Waals surface area contributed by atoms with E-state index in [-0.39, 0.29) is 17.6 Å². The van der Waals surface area contributed by atoms with Gasteiger partial charge in [-0.3, -0.25) is 9.59 Å². The first kappa shape index (κ1) is 20.3. The molecule has 2 aliphatic heterocycles. The van der Waals surface area contributed by atoms with Crippen molar-refractivity contribution in [3.8, 4) is 17.2 Å². The number of hydrogen-bond acceptors (Lipinski definition) is 5. The molecule has 0 unspecified atom stereocenters. The van der Waals surface area contributed by atoms with E-state index in [0.29, 0.717) is 62.6 Å². The normalized spacial score (nSPS) is 16.1. The third kappa shape index (κ3) is 4.23. The lowest BCUT2D eigenvalue weighted by Crippen LogP contribution is -2.41. The zero-order chi connectivity index (χ0) is 21.9. The first-order chi connectivity index (χ1) is 15.7. The predicted molar refractivity (Wildman–Crippen MR) is 118 cm³/mol. The number of para-hydroxylation sites is 1. The summed E-state index contributed by atoms with van der Waals surface area (Å²) in [5.74, 6) is 1.41. The summed E-state index contributed by atoms with van der Waals surface area (Å²) in [6.45, 7) is 2.20. The molecule has 1 aromatic heterocycles. The summed E-state index contributed by atoms with van der Waals surface area (Å²) in [6, 6.07) is 15.2. The molecule has 0 spiro atoms. The van der Waals surface area contributed by atoms with Gasteiger partial charge >= 0.3 is 0 Å². The Morgan fingerprint density at radius 3 is 2.50 bits per heavy atom. The van der Waals surface area contributed by atoms with E-state index in [9.17, 15) is 9.59 Å². The number of nitrogens with zero attached hydrogens (tertiary/aromatic N) is 3. The van der Waals surface area contributed by atoms with Crippen molar-refractivity contribution in [2.75, 3.05) is 26.3 Å². The van der Waals surface area contributed by atoms with Crippen molar-refractivity contribution in [3.05, 3.63) is 72.1 Å². The van der Waals surface area contributed by atoms with Crippen LogP contribution in [0.2, 0.25) is 0 Å². The Hall–Kier alpha value is -3.61. The largest absolute Gasteiger partial charge is 0.486 e. The van der Waals surface area contributed by atoms with Gasteiger partial charge in [0, 0.05) is 30.8 Å². The Morgan fingerprint density at radius 1 is 0.969 bits per heavy atom. The van der Waals surface area contributed by atoms with Crippen molar-refractivity contribution in [2.24, 2.45) is 5.92 Å². The minimum atomic E-state index is -0.0811. The van der Waals surface area contributed by atoms with Crippen LogP contribution in [0, 0.1) is 5.92 Å². The van der Waals surface area contributed by atoms with Gasteiger partial charge in [-0.15, -0.1) is 0 Å². The lowest BCUT2D eigenvalue weighted by atomic mass is 9.88. The number of likely N-dealkylation sites (tertiary alicyclic amines) is 1. The molecule has 1 fully saturated rings. The van der Waals surface area contributed by atoms with Crippen LogP contribution in [-0.2, 0) is 11.2 Å². The molecule has 3 heterocycles. The molecule has 5 rings (SSSR count). The van der Waals surface area contributed by atoms with Crippen LogP contribution in [0.1, 0.15) is 28.8 Å². The van der Waals surface area contributed by atoms with E-state index in [4.69, 9.17) is 9.47 Å². The van der Waals surface area contributed by atoms with Gasteiger partial charge in [-0.05, 0) is 48.7 Å². The maximum Gasteiger partial charge on any atom is 0.227 e. The van der Waals surface area contributed by atoms with E-state index < -0.39 is 0 Å². The number of rotatable bonds is 5. The van der Waals surface area contributed by atoms with Gasteiger partial charge in [0.15, 0.2) is 17.3 Å². The highest BCUT2D eigenvalue weighted by molar-refractivity contribution is 5.98.